The van der Waals surface area contributed by atoms with Crippen LogP contribution < -0.4 is 5.32 Å². The fourth-order valence-corrected chi connectivity index (χ4v) is 4.07. The highest BCUT2D eigenvalue weighted by Gasteiger charge is 2.16. The standard InChI is InChI=1S/C15H11Cl2N3OS2/c1-7-13(23-8(2)18-7)14(21)20-15-19-12(6-22-15)10-4-3-9(16)5-11(10)17/h3-6H,1-2H3,(H,19,20,21). The van der Waals surface area contributed by atoms with E-state index in [0.717, 1.165) is 16.3 Å². The summed E-state index contributed by atoms with van der Waals surface area (Å²) >= 11 is 14.8. The summed E-state index contributed by atoms with van der Waals surface area (Å²) in [5, 5.41) is 7.11. The fraction of sp³-hybridized carbons (Fsp3) is 0.133. The maximum absolute atomic E-state index is 12.3. The summed E-state index contributed by atoms with van der Waals surface area (Å²) in [5.74, 6) is -0.198. The molecule has 4 nitrogen and oxygen atoms in total. The maximum atomic E-state index is 12.3. The van der Waals surface area contributed by atoms with Gasteiger partial charge in [-0.3, -0.25) is 10.1 Å². The number of aromatic nitrogens is 2. The summed E-state index contributed by atoms with van der Waals surface area (Å²) < 4.78 is 0. The Bertz CT molecular complexity index is 889. The van der Waals surface area contributed by atoms with E-state index in [1.165, 1.54) is 22.7 Å². The van der Waals surface area contributed by atoms with E-state index in [1.54, 1.807) is 12.1 Å². The summed E-state index contributed by atoms with van der Waals surface area (Å²) in [5.41, 5.74) is 2.20. The Hall–Kier alpha value is -1.47. The van der Waals surface area contributed by atoms with Crippen molar-refractivity contribution in [2.45, 2.75) is 13.8 Å². The normalized spacial score (nSPS) is 10.8. The number of halogens is 2. The van der Waals surface area contributed by atoms with Crippen molar-refractivity contribution in [2.75, 3.05) is 5.32 Å². The molecule has 0 fully saturated rings. The van der Waals surface area contributed by atoms with Crippen molar-refractivity contribution in [1.82, 2.24) is 9.97 Å². The second-order valence-electron chi connectivity index (χ2n) is 4.76. The Morgan fingerprint density at radius 3 is 2.65 bits per heavy atom. The molecule has 0 atom stereocenters. The Labute approximate surface area is 151 Å². The summed E-state index contributed by atoms with van der Waals surface area (Å²) in [6.07, 6.45) is 0. The number of amides is 1. The van der Waals surface area contributed by atoms with Gasteiger partial charge in [-0.1, -0.05) is 23.2 Å². The monoisotopic (exact) mass is 383 g/mol. The van der Waals surface area contributed by atoms with E-state index >= 15 is 0 Å². The lowest BCUT2D eigenvalue weighted by atomic mass is 10.2. The zero-order valence-electron chi connectivity index (χ0n) is 12.2. The second kappa shape index (κ2) is 6.57. The Balaban J connectivity index is 1.82. The van der Waals surface area contributed by atoms with Crippen LogP contribution in [0.2, 0.25) is 10.0 Å². The molecule has 0 saturated heterocycles. The lowest BCUT2D eigenvalue weighted by Gasteiger charge is -2.01. The first-order valence-corrected chi connectivity index (χ1v) is 9.05. The zero-order valence-corrected chi connectivity index (χ0v) is 15.3. The molecule has 0 radical (unpaired) electrons. The molecule has 1 amide bonds. The number of hydrogen-bond acceptors (Lipinski definition) is 5. The highest BCUT2D eigenvalue weighted by Crippen LogP contribution is 2.32. The van der Waals surface area contributed by atoms with Gasteiger partial charge < -0.3 is 0 Å². The van der Waals surface area contributed by atoms with Crippen LogP contribution in [0.25, 0.3) is 11.3 Å². The number of nitrogens with zero attached hydrogens (tertiary/aromatic N) is 2. The summed E-state index contributed by atoms with van der Waals surface area (Å²) in [6.45, 7) is 3.69. The van der Waals surface area contributed by atoms with Gasteiger partial charge >= 0.3 is 0 Å². The van der Waals surface area contributed by atoms with Crippen LogP contribution in [-0.4, -0.2) is 15.9 Å². The van der Waals surface area contributed by atoms with Crippen LogP contribution in [-0.2, 0) is 0 Å². The first-order valence-electron chi connectivity index (χ1n) is 6.60. The van der Waals surface area contributed by atoms with Gasteiger partial charge in [0.2, 0.25) is 0 Å². The molecule has 2 heterocycles. The van der Waals surface area contributed by atoms with Gasteiger partial charge in [0.25, 0.3) is 5.91 Å². The first-order chi connectivity index (χ1) is 10.9. The predicted octanol–water partition coefficient (Wildman–Crippen LogP) is 5.44. The largest absolute Gasteiger partial charge is 0.297 e. The first kappa shape index (κ1) is 16.4. The third-order valence-electron chi connectivity index (χ3n) is 3.04. The molecular weight excluding hydrogens is 373 g/mol. The number of hydrogen-bond donors (Lipinski definition) is 1. The lowest BCUT2D eigenvalue weighted by molar-refractivity contribution is 0.103. The fourth-order valence-electron chi connectivity index (χ4n) is 2.05. The molecule has 0 saturated carbocycles. The quantitative estimate of drug-likeness (QED) is 0.654. The van der Waals surface area contributed by atoms with Gasteiger partial charge in [-0.2, -0.15) is 0 Å². The van der Waals surface area contributed by atoms with E-state index in [2.05, 4.69) is 15.3 Å². The van der Waals surface area contributed by atoms with E-state index in [0.29, 0.717) is 25.7 Å². The van der Waals surface area contributed by atoms with Gasteiger partial charge in [-0.15, -0.1) is 22.7 Å². The minimum atomic E-state index is -0.198. The summed E-state index contributed by atoms with van der Waals surface area (Å²) in [6, 6.07) is 5.23. The number of aryl methyl sites for hydroxylation is 2. The third kappa shape index (κ3) is 3.55. The maximum Gasteiger partial charge on any atom is 0.269 e. The molecule has 3 aromatic rings. The predicted molar refractivity (Wildman–Crippen MR) is 97.1 cm³/mol. The van der Waals surface area contributed by atoms with Crippen LogP contribution in [0.5, 0.6) is 0 Å². The van der Waals surface area contributed by atoms with E-state index in [-0.39, 0.29) is 5.91 Å². The zero-order chi connectivity index (χ0) is 16.6. The van der Waals surface area contributed by atoms with Crippen LogP contribution in [0, 0.1) is 13.8 Å². The molecule has 0 unspecified atom stereocenters. The van der Waals surface area contributed by atoms with Crippen molar-refractivity contribution >= 4 is 56.9 Å². The molecule has 3 rings (SSSR count). The summed E-state index contributed by atoms with van der Waals surface area (Å²) in [4.78, 5) is 21.6. The van der Waals surface area contributed by atoms with Crippen molar-refractivity contribution in [1.29, 1.82) is 0 Å². The molecular formula is C15H11Cl2N3OS2. The number of nitrogens with one attached hydrogen (secondary N) is 1. The number of carbonyl (C=O) groups is 1. The van der Waals surface area contributed by atoms with Crippen molar-refractivity contribution in [3.63, 3.8) is 0 Å². The van der Waals surface area contributed by atoms with Crippen LogP contribution >= 0.6 is 45.9 Å². The van der Waals surface area contributed by atoms with E-state index in [1.807, 2.05) is 25.3 Å². The average molecular weight is 384 g/mol. The molecule has 8 heteroatoms. The van der Waals surface area contributed by atoms with Crippen LogP contribution in [0.3, 0.4) is 0 Å². The molecule has 2 aromatic heterocycles. The number of anilines is 1. The molecule has 118 valence electrons. The summed E-state index contributed by atoms with van der Waals surface area (Å²) in [7, 11) is 0. The second-order valence-corrected chi connectivity index (χ2v) is 7.67. The number of thiazole rings is 2. The van der Waals surface area contributed by atoms with E-state index in [9.17, 15) is 4.79 Å². The highest BCUT2D eigenvalue weighted by atomic mass is 35.5. The van der Waals surface area contributed by atoms with Crippen LogP contribution in [0.15, 0.2) is 23.6 Å². The molecule has 0 bridgehead atoms. The molecule has 0 spiro atoms. The Morgan fingerprint density at radius 2 is 2.00 bits per heavy atom. The third-order valence-corrected chi connectivity index (χ3v) is 5.42. The van der Waals surface area contributed by atoms with Crippen molar-refractivity contribution < 1.29 is 4.79 Å². The topological polar surface area (TPSA) is 54.9 Å². The Kier molecular flexibility index (Phi) is 4.68. The SMILES string of the molecule is Cc1nc(C)c(C(=O)Nc2nc(-c3ccc(Cl)cc3Cl)cs2)s1. The van der Waals surface area contributed by atoms with Crippen LogP contribution in [0.4, 0.5) is 5.13 Å². The van der Waals surface area contributed by atoms with Crippen molar-refractivity contribution in [3.05, 3.63) is 49.2 Å². The highest BCUT2D eigenvalue weighted by molar-refractivity contribution is 7.15. The van der Waals surface area contributed by atoms with Gasteiger partial charge in [-0.25, -0.2) is 9.97 Å². The molecule has 1 N–H and O–H groups in total. The molecule has 0 aliphatic heterocycles. The number of benzene rings is 1. The minimum absolute atomic E-state index is 0.198. The van der Waals surface area contributed by atoms with Gasteiger partial charge in [0.15, 0.2) is 5.13 Å². The van der Waals surface area contributed by atoms with E-state index < -0.39 is 0 Å². The van der Waals surface area contributed by atoms with Crippen molar-refractivity contribution in [2.24, 2.45) is 0 Å². The average Bonchev–Trinajstić information content (AvgIpc) is 3.05. The van der Waals surface area contributed by atoms with Crippen LogP contribution in [0.1, 0.15) is 20.4 Å². The van der Waals surface area contributed by atoms with E-state index in [4.69, 9.17) is 23.2 Å². The molecule has 0 aliphatic carbocycles. The molecule has 1 aromatic carbocycles. The van der Waals surface area contributed by atoms with Gasteiger partial charge in [-0.05, 0) is 32.0 Å². The minimum Gasteiger partial charge on any atom is -0.297 e. The number of carbonyl (C=O) groups excluding carboxylic acids is 1. The van der Waals surface area contributed by atoms with Crippen molar-refractivity contribution in [3.8, 4) is 11.3 Å². The Morgan fingerprint density at radius 1 is 1.22 bits per heavy atom. The number of rotatable bonds is 3. The van der Waals surface area contributed by atoms with Gasteiger partial charge in [0.05, 0.1) is 21.4 Å². The van der Waals surface area contributed by atoms with Gasteiger partial charge in [0.1, 0.15) is 4.88 Å². The lowest BCUT2D eigenvalue weighted by Crippen LogP contribution is -2.11. The van der Waals surface area contributed by atoms with Gasteiger partial charge in [0, 0.05) is 16.0 Å². The molecule has 23 heavy (non-hydrogen) atoms. The smallest absolute Gasteiger partial charge is 0.269 e. The molecule has 0 aliphatic rings.